The number of rotatable bonds is 5. The van der Waals surface area contributed by atoms with Gasteiger partial charge in [-0.15, -0.1) is 11.8 Å². The van der Waals surface area contributed by atoms with Crippen LogP contribution in [0.2, 0.25) is 0 Å². The minimum atomic E-state index is -5.88. The number of halogens is 8. The van der Waals surface area contributed by atoms with Crippen LogP contribution in [0.5, 0.6) is 0 Å². The van der Waals surface area contributed by atoms with Crippen LogP contribution in [0.1, 0.15) is 28.0 Å². The van der Waals surface area contributed by atoms with Crippen molar-refractivity contribution in [2.75, 3.05) is 5.75 Å². The van der Waals surface area contributed by atoms with Crippen LogP contribution >= 0.6 is 23.1 Å². The fourth-order valence-corrected chi connectivity index (χ4v) is 4.40. The highest BCUT2D eigenvalue weighted by Crippen LogP contribution is 2.43. The second-order valence-corrected chi connectivity index (χ2v) is 9.14. The van der Waals surface area contributed by atoms with Gasteiger partial charge in [0.1, 0.15) is 5.69 Å². The zero-order valence-electron chi connectivity index (χ0n) is 17.7. The van der Waals surface area contributed by atoms with Crippen molar-refractivity contribution in [3.8, 4) is 11.1 Å². The third-order valence-corrected chi connectivity index (χ3v) is 6.41. The van der Waals surface area contributed by atoms with E-state index < -0.39 is 39.6 Å². The van der Waals surface area contributed by atoms with Crippen LogP contribution in [0.3, 0.4) is 0 Å². The topological polar surface area (TPSA) is 60.1 Å². The van der Waals surface area contributed by atoms with Crippen molar-refractivity contribution in [1.82, 2.24) is 14.8 Å². The van der Waals surface area contributed by atoms with Gasteiger partial charge in [-0.1, -0.05) is 30.4 Å². The van der Waals surface area contributed by atoms with E-state index in [-0.39, 0.29) is 17.0 Å². The first kappa shape index (κ1) is 26.8. The summed E-state index contributed by atoms with van der Waals surface area (Å²) in [5, 5.41) is 1.57. The Bertz CT molecular complexity index is 1290. The number of aromatic nitrogens is 3. The molecule has 2 heterocycles. The van der Waals surface area contributed by atoms with E-state index in [0.717, 1.165) is 30.9 Å². The molecule has 0 aliphatic heterocycles. The number of amides is 1. The highest BCUT2D eigenvalue weighted by atomic mass is 32.2. The lowest BCUT2D eigenvalue weighted by molar-refractivity contribution is -0.289. The molecule has 0 fully saturated rings. The maximum absolute atomic E-state index is 13.6. The first-order valence-electron chi connectivity index (χ1n) is 9.53. The highest BCUT2D eigenvalue weighted by molar-refractivity contribution is 7.99. The van der Waals surface area contributed by atoms with Gasteiger partial charge in [-0.3, -0.25) is 4.79 Å². The lowest BCUT2D eigenvalue weighted by Gasteiger charge is -2.15. The van der Waals surface area contributed by atoms with Gasteiger partial charge in [0.25, 0.3) is 5.91 Å². The summed E-state index contributed by atoms with van der Waals surface area (Å²) in [5.41, 5.74) is -0.241. The van der Waals surface area contributed by atoms with Crippen molar-refractivity contribution in [2.45, 2.75) is 30.1 Å². The molecule has 0 saturated carbocycles. The molecule has 188 valence electrons. The molecule has 0 aliphatic rings. The van der Waals surface area contributed by atoms with E-state index in [9.17, 15) is 39.9 Å². The summed E-state index contributed by atoms with van der Waals surface area (Å²) in [7, 11) is 1.06. The standard InChI is InChI=1S/C20H14F8N4OS2/c1-3-34-13-8-11(10-4-6-12(7-5-10)19(23,24)25)9-29-14(13)15(33)30-17-32(2)31-16(35-17)18(21,22)20(26,27)28/h4-9H,3H2,1-2H3. The summed E-state index contributed by atoms with van der Waals surface area (Å²) in [6.45, 7) is 1.76. The van der Waals surface area contributed by atoms with Crippen LogP contribution in [-0.4, -0.2) is 32.6 Å². The summed E-state index contributed by atoms with van der Waals surface area (Å²) >= 11 is 1.07. The molecule has 0 bridgehead atoms. The number of hydrogen-bond donors (Lipinski definition) is 0. The van der Waals surface area contributed by atoms with Gasteiger partial charge in [0, 0.05) is 23.7 Å². The smallest absolute Gasteiger partial charge is 0.265 e. The molecule has 0 spiro atoms. The zero-order chi connectivity index (χ0) is 26.2. The van der Waals surface area contributed by atoms with E-state index >= 15 is 0 Å². The number of aryl methyl sites for hydroxylation is 1. The van der Waals surface area contributed by atoms with Crippen LogP contribution < -0.4 is 4.80 Å². The van der Waals surface area contributed by atoms with Crippen molar-refractivity contribution >= 4 is 29.0 Å². The number of carbonyl (C=O) groups is 1. The minimum absolute atomic E-state index is 0.0933. The highest BCUT2D eigenvalue weighted by Gasteiger charge is 2.61. The number of benzene rings is 1. The molecule has 0 unspecified atom stereocenters. The number of pyridine rings is 1. The van der Waals surface area contributed by atoms with Crippen molar-refractivity contribution in [3.05, 3.63) is 57.6 Å². The van der Waals surface area contributed by atoms with Gasteiger partial charge in [-0.25, -0.2) is 9.67 Å². The number of hydrogen-bond acceptors (Lipinski definition) is 5. The molecule has 0 N–H and O–H groups in total. The predicted molar refractivity (Wildman–Crippen MR) is 112 cm³/mol. The summed E-state index contributed by atoms with van der Waals surface area (Å²) in [5.74, 6) is -5.77. The molecule has 0 saturated heterocycles. The summed E-state index contributed by atoms with van der Waals surface area (Å²) in [6, 6.07) is 5.78. The molecular weight excluding hydrogens is 528 g/mol. The fraction of sp³-hybridized carbons (Fsp3) is 0.300. The molecule has 1 amide bonds. The van der Waals surface area contributed by atoms with Gasteiger partial charge < -0.3 is 0 Å². The normalized spacial score (nSPS) is 13.4. The van der Waals surface area contributed by atoms with Crippen LogP contribution in [0.15, 0.2) is 46.4 Å². The summed E-state index contributed by atoms with van der Waals surface area (Å²) < 4.78 is 104. The van der Waals surface area contributed by atoms with Gasteiger partial charge in [-0.05, 0) is 29.5 Å². The number of carbonyl (C=O) groups excluding carboxylic acids is 1. The van der Waals surface area contributed by atoms with E-state index in [0.29, 0.717) is 26.5 Å². The average molecular weight is 542 g/mol. The van der Waals surface area contributed by atoms with Crippen LogP contribution in [0.25, 0.3) is 11.1 Å². The van der Waals surface area contributed by atoms with E-state index in [1.807, 2.05) is 0 Å². The Morgan fingerprint density at radius 1 is 1.06 bits per heavy atom. The second kappa shape index (κ2) is 9.68. The molecule has 15 heteroatoms. The number of alkyl halides is 8. The SMILES string of the molecule is CCSc1cc(-c2ccc(C(F)(F)F)cc2)cnc1C(=O)N=c1sc(C(F)(F)C(F)(F)F)nn1C. The van der Waals surface area contributed by atoms with Crippen molar-refractivity contribution < 1.29 is 39.9 Å². The lowest BCUT2D eigenvalue weighted by atomic mass is 10.1. The molecule has 0 radical (unpaired) electrons. The Labute approximate surface area is 200 Å². The average Bonchev–Trinajstić information content (AvgIpc) is 3.13. The largest absolute Gasteiger partial charge is 0.460 e. The van der Waals surface area contributed by atoms with Gasteiger partial charge in [0.2, 0.25) is 4.80 Å². The zero-order valence-corrected chi connectivity index (χ0v) is 19.3. The fourth-order valence-electron chi connectivity index (χ4n) is 2.72. The molecule has 5 nitrogen and oxygen atoms in total. The van der Waals surface area contributed by atoms with Crippen molar-refractivity contribution in [3.63, 3.8) is 0 Å². The quantitative estimate of drug-likeness (QED) is 0.290. The first-order chi connectivity index (χ1) is 16.1. The van der Waals surface area contributed by atoms with Gasteiger partial charge in [0.15, 0.2) is 5.01 Å². The molecule has 35 heavy (non-hydrogen) atoms. The van der Waals surface area contributed by atoms with E-state index in [4.69, 9.17) is 0 Å². The van der Waals surface area contributed by atoms with Crippen molar-refractivity contribution in [1.29, 1.82) is 0 Å². The van der Waals surface area contributed by atoms with Gasteiger partial charge >= 0.3 is 18.3 Å². The lowest BCUT2D eigenvalue weighted by Crippen LogP contribution is -2.33. The number of nitrogens with zero attached hydrogens (tertiary/aromatic N) is 4. The molecular formula is C20H14F8N4OS2. The molecule has 3 aromatic rings. The van der Waals surface area contributed by atoms with Crippen LogP contribution in [-0.2, 0) is 19.1 Å². The Kier molecular flexibility index (Phi) is 7.41. The Balaban J connectivity index is 1.98. The predicted octanol–water partition coefficient (Wildman–Crippen LogP) is 6.07. The van der Waals surface area contributed by atoms with Gasteiger partial charge in [-0.2, -0.15) is 45.2 Å². The molecule has 0 aliphatic carbocycles. The number of thioether (sulfide) groups is 1. The van der Waals surface area contributed by atoms with E-state index in [2.05, 4.69) is 15.1 Å². The molecule has 0 atom stereocenters. The molecule has 3 rings (SSSR count). The minimum Gasteiger partial charge on any atom is -0.265 e. The molecule has 1 aromatic carbocycles. The Hall–Kier alpha value is -2.81. The third-order valence-electron chi connectivity index (χ3n) is 4.43. The Morgan fingerprint density at radius 2 is 1.69 bits per heavy atom. The van der Waals surface area contributed by atoms with Crippen molar-refractivity contribution in [2.24, 2.45) is 12.0 Å². The monoisotopic (exact) mass is 542 g/mol. The van der Waals surface area contributed by atoms with Crippen LogP contribution in [0.4, 0.5) is 35.1 Å². The van der Waals surface area contributed by atoms with Gasteiger partial charge in [0.05, 0.1) is 5.56 Å². The summed E-state index contributed by atoms with van der Waals surface area (Å²) in [4.78, 5) is 20.1. The maximum atomic E-state index is 13.6. The second-order valence-electron chi connectivity index (χ2n) is 6.88. The van der Waals surface area contributed by atoms with Crippen LogP contribution in [0, 0.1) is 0 Å². The maximum Gasteiger partial charge on any atom is 0.460 e. The first-order valence-corrected chi connectivity index (χ1v) is 11.3. The Morgan fingerprint density at radius 3 is 2.23 bits per heavy atom. The van der Waals surface area contributed by atoms with E-state index in [1.54, 1.807) is 6.92 Å². The summed E-state index contributed by atoms with van der Waals surface area (Å²) in [6.07, 6.45) is -9.16. The third kappa shape index (κ3) is 5.72. The van der Waals surface area contributed by atoms with E-state index in [1.165, 1.54) is 24.4 Å². The molecule has 2 aromatic heterocycles.